The number of hydrogen-bond donors (Lipinski definition) is 2. The molecule has 0 fully saturated rings. The molecule has 1 aliphatic rings. The van der Waals surface area contributed by atoms with Gasteiger partial charge in [0.2, 0.25) is 5.75 Å². The van der Waals surface area contributed by atoms with Gasteiger partial charge in [0.15, 0.2) is 22.9 Å². The number of rotatable bonds is 6. The number of benzene rings is 3. The molecule has 1 aliphatic heterocycles. The summed E-state index contributed by atoms with van der Waals surface area (Å²) in [5.41, 5.74) is 4.55. The number of quaternary nitrogens is 1. The van der Waals surface area contributed by atoms with E-state index in [1.807, 2.05) is 38.1 Å². The fourth-order valence-corrected chi connectivity index (χ4v) is 4.15. The number of aryl methyl sites for hydroxylation is 2. The molecule has 178 valence electrons. The highest BCUT2D eigenvalue weighted by Crippen LogP contribution is 2.40. The lowest BCUT2D eigenvalue weighted by Gasteiger charge is -2.28. The second-order valence-electron chi connectivity index (χ2n) is 8.23. The van der Waals surface area contributed by atoms with Gasteiger partial charge in [0.05, 0.1) is 20.4 Å². The third-order valence-electron chi connectivity index (χ3n) is 6.20. The molecule has 0 aliphatic carbocycles. The first-order valence-corrected chi connectivity index (χ1v) is 11.0. The van der Waals surface area contributed by atoms with Gasteiger partial charge >= 0.3 is 11.9 Å². The number of ether oxygens (including phenoxy) is 2. The predicted octanol–water partition coefficient (Wildman–Crippen LogP) is 5.30. The molecule has 0 aromatic heterocycles. The number of methoxy groups -OCH3 is 2. The number of aromatic hydroxyl groups is 1. The van der Waals surface area contributed by atoms with E-state index in [9.17, 15) is 14.7 Å². The zero-order valence-electron chi connectivity index (χ0n) is 20.0. The zero-order chi connectivity index (χ0) is 25.2. The molecule has 0 saturated heterocycles. The van der Waals surface area contributed by atoms with Crippen LogP contribution >= 0.6 is 0 Å². The molecule has 3 aromatic carbocycles. The predicted molar refractivity (Wildman–Crippen MR) is 136 cm³/mol. The van der Waals surface area contributed by atoms with Crippen LogP contribution < -0.4 is 19.3 Å². The monoisotopic (exact) mass is 471 g/mol. The number of nitrogens with zero attached hydrogens (tertiary/aromatic N) is 1. The topological polar surface area (TPSA) is 84.9 Å². The van der Waals surface area contributed by atoms with Gasteiger partial charge in [-0.2, -0.15) is 0 Å². The molecule has 1 atom stereocenters. The number of nitrogens with one attached hydrogen (secondary N) is 1. The second-order valence-corrected chi connectivity index (χ2v) is 8.23. The van der Waals surface area contributed by atoms with Crippen LogP contribution in [-0.4, -0.2) is 31.3 Å². The van der Waals surface area contributed by atoms with Crippen LogP contribution in [0.15, 0.2) is 72.9 Å². The van der Waals surface area contributed by atoms with Crippen LogP contribution in [-0.2, 0) is 4.79 Å². The third kappa shape index (κ3) is 4.06. The Morgan fingerprint density at radius 2 is 1.60 bits per heavy atom. The van der Waals surface area contributed by atoms with Crippen LogP contribution in [0.4, 0.5) is 10.5 Å². The molecule has 3 amide bonds. The van der Waals surface area contributed by atoms with Crippen LogP contribution in [0.1, 0.15) is 22.3 Å². The van der Waals surface area contributed by atoms with Gasteiger partial charge in [-0.25, -0.2) is 9.59 Å². The summed E-state index contributed by atoms with van der Waals surface area (Å²) in [4.78, 5) is 27.3. The molecule has 3 aromatic rings. The molecule has 2 N–H and O–H groups in total. The van der Waals surface area contributed by atoms with Crippen molar-refractivity contribution >= 4 is 29.4 Å². The van der Waals surface area contributed by atoms with E-state index in [0.717, 1.165) is 16.7 Å². The Morgan fingerprint density at radius 3 is 2.20 bits per heavy atom. The Balaban J connectivity index is 1.85. The summed E-state index contributed by atoms with van der Waals surface area (Å²) in [5, 5.41) is 12.9. The van der Waals surface area contributed by atoms with E-state index >= 15 is 0 Å². The molecule has 4 rings (SSSR count). The Kier molecular flexibility index (Phi) is 6.44. The molecular weight excluding hydrogens is 444 g/mol. The van der Waals surface area contributed by atoms with Gasteiger partial charge in [0, 0.05) is 23.8 Å². The largest absolute Gasteiger partial charge is 0.502 e. The van der Waals surface area contributed by atoms with Crippen LogP contribution in [0, 0.1) is 13.8 Å². The van der Waals surface area contributed by atoms with Crippen LogP contribution in [0.3, 0.4) is 0 Å². The second kappa shape index (κ2) is 9.48. The van der Waals surface area contributed by atoms with Crippen LogP contribution in [0.5, 0.6) is 17.2 Å². The van der Waals surface area contributed by atoms with E-state index in [0.29, 0.717) is 16.9 Å². The Labute approximate surface area is 204 Å². The van der Waals surface area contributed by atoms with Crippen molar-refractivity contribution in [1.29, 1.82) is 0 Å². The van der Waals surface area contributed by atoms with Gasteiger partial charge in [-0.15, -0.1) is 4.48 Å². The van der Waals surface area contributed by atoms with Crippen LogP contribution in [0.25, 0.3) is 11.8 Å². The number of phenolic OH excluding ortho intramolecular Hbond substituents is 1. The maximum Gasteiger partial charge on any atom is 0.438 e. The first kappa shape index (κ1) is 23.8. The highest BCUT2D eigenvalue weighted by molar-refractivity contribution is 6.23. The number of carbonyl (C=O) groups is 2. The third-order valence-corrected chi connectivity index (χ3v) is 6.20. The number of phenols is 1. The summed E-state index contributed by atoms with van der Waals surface area (Å²) in [6.45, 7) is 4.01. The average molecular weight is 472 g/mol. The summed E-state index contributed by atoms with van der Waals surface area (Å²) in [6, 6.07) is 17.5. The molecule has 0 spiro atoms. The van der Waals surface area contributed by atoms with Crippen molar-refractivity contribution in [3.05, 3.63) is 95.2 Å². The van der Waals surface area contributed by atoms with Gasteiger partial charge in [0.1, 0.15) is 0 Å². The van der Waals surface area contributed by atoms with Crippen molar-refractivity contribution in [3.8, 4) is 17.2 Å². The summed E-state index contributed by atoms with van der Waals surface area (Å²) >= 11 is 0. The van der Waals surface area contributed by atoms with Gasteiger partial charge in [0.25, 0.3) is 0 Å². The number of para-hydroxylation sites is 1. The van der Waals surface area contributed by atoms with E-state index in [2.05, 4.69) is 5.32 Å². The summed E-state index contributed by atoms with van der Waals surface area (Å²) in [7, 11) is 2.86. The minimum absolute atomic E-state index is 0.134. The lowest BCUT2D eigenvalue weighted by Crippen LogP contribution is -2.55. The molecule has 0 bridgehead atoms. The highest BCUT2D eigenvalue weighted by Gasteiger charge is 2.54. The lowest BCUT2D eigenvalue weighted by molar-refractivity contribution is -0.120. The number of hydrogen-bond acceptors (Lipinski definition) is 5. The van der Waals surface area contributed by atoms with E-state index in [1.165, 1.54) is 20.3 Å². The molecular formula is C28H27N2O5+. The molecule has 7 nitrogen and oxygen atoms in total. The van der Waals surface area contributed by atoms with E-state index in [-0.39, 0.29) is 17.2 Å². The summed E-state index contributed by atoms with van der Waals surface area (Å²) in [5.74, 6) is -0.178. The van der Waals surface area contributed by atoms with Crippen LogP contribution in [0.2, 0.25) is 0 Å². The molecule has 7 heteroatoms. The Hall–Kier alpha value is -4.36. The zero-order valence-corrected chi connectivity index (χ0v) is 20.0. The number of imide groups is 1. The first-order valence-electron chi connectivity index (χ1n) is 11.0. The first-order chi connectivity index (χ1) is 16.8. The van der Waals surface area contributed by atoms with E-state index < -0.39 is 16.4 Å². The number of carbonyl (C=O) groups excluding carboxylic acids is 2. The van der Waals surface area contributed by atoms with Crippen molar-refractivity contribution < 1.29 is 24.2 Å². The van der Waals surface area contributed by atoms with Gasteiger partial charge in [-0.3, -0.25) is 5.32 Å². The molecule has 35 heavy (non-hydrogen) atoms. The van der Waals surface area contributed by atoms with Crippen molar-refractivity contribution in [3.63, 3.8) is 0 Å². The van der Waals surface area contributed by atoms with Gasteiger partial charge in [-0.05, 0) is 60.9 Å². The fourth-order valence-electron chi connectivity index (χ4n) is 4.15. The molecule has 1 unspecified atom stereocenters. The molecule has 0 radical (unpaired) electrons. The average Bonchev–Trinajstić information content (AvgIpc) is 3.23. The fraction of sp³-hybridized carbons (Fsp3) is 0.143. The van der Waals surface area contributed by atoms with E-state index in [4.69, 9.17) is 9.47 Å². The lowest BCUT2D eigenvalue weighted by atomic mass is 10.0. The standard InChI is InChI=1S/C28H26N2O5/c1-18-10-12-21(14-19(18)2)23-17-29-28(33)30(23,22-8-6-5-7-9-22)26(31)13-11-20-15-24(34-3)27(32)25(16-20)35-4/h5-17H,1-4H3,(H-,29,31,32,33)/p+1. The Morgan fingerprint density at radius 1 is 0.943 bits per heavy atom. The molecule has 1 heterocycles. The highest BCUT2D eigenvalue weighted by atomic mass is 16.5. The van der Waals surface area contributed by atoms with Gasteiger partial charge < -0.3 is 14.6 Å². The minimum Gasteiger partial charge on any atom is -0.502 e. The summed E-state index contributed by atoms with van der Waals surface area (Å²) in [6.07, 6.45) is 4.52. The smallest absolute Gasteiger partial charge is 0.438 e. The maximum absolute atomic E-state index is 13.9. The maximum atomic E-state index is 13.9. The van der Waals surface area contributed by atoms with Gasteiger partial charge in [-0.1, -0.05) is 24.3 Å². The SMILES string of the molecule is COc1cc(C=CC(=O)[N+]2(c3ccccc3)C(=O)NC=C2c2ccc(C)c(C)c2)cc(OC)c1O. The summed E-state index contributed by atoms with van der Waals surface area (Å²) < 4.78 is 9.77. The van der Waals surface area contributed by atoms with Crippen molar-refractivity contribution in [2.75, 3.05) is 14.2 Å². The van der Waals surface area contributed by atoms with E-state index in [1.54, 1.807) is 48.7 Å². The number of amides is 3. The normalized spacial score (nSPS) is 17.3. The quantitative estimate of drug-likeness (QED) is 0.377. The minimum atomic E-state index is -0.647. The number of urea groups is 1. The van der Waals surface area contributed by atoms with Crippen molar-refractivity contribution in [1.82, 2.24) is 9.80 Å². The van der Waals surface area contributed by atoms with Crippen molar-refractivity contribution in [2.24, 2.45) is 0 Å². The van der Waals surface area contributed by atoms with Crippen molar-refractivity contribution in [2.45, 2.75) is 13.8 Å². The molecule has 0 saturated carbocycles. The Bertz CT molecular complexity index is 1340.